The van der Waals surface area contributed by atoms with Crippen LogP contribution in [0.15, 0.2) is 36.4 Å². The van der Waals surface area contributed by atoms with Crippen molar-refractivity contribution in [3.8, 4) is 22.6 Å². The van der Waals surface area contributed by atoms with Gasteiger partial charge in [-0.15, -0.1) is 0 Å². The van der Waals surface area contributed by atoms with Crippen LogP contribution in [0.5, 0.6) is 11.5 Å². The van der Waals surface area contributed by atoms with E-state index in [2.05, 4.69) is 0 Å². The summed E-state index contributed by atoms with van der Waals surface area (Å²) >= 11 is 0. The van der Waals surface area contributed by atoms with Crippen molar-refractivity contribution >= 4 is 5.97 Å². The molecule has 0 fully saturated rings. The van der Waals surface area contributed by atoms with E-state index in [4.69, 9.17) is 4.74 Å². The van der Waals surface area contributed by atoms with Gasteiger partial charge >= 0.3 is 5.97 Å². The summed E-state index contributed by atoms with van der Waals surface area (Å²) in [6, 6.07) is 7.86. The second-order valence-electron chi connectivity index (χ2n) is 3.88. The van der Waals surface area contributed by atoms with Crippen molar-refractivity contribution in [3.05, 3.63) is 47.8 Å². The maximum Gasteiger partial charge on any atom is 0.336 e. The Morgan fingerprint density at radius 3 is 2.42 bits per heavy atom. The number of aromatic hydroxyl groups is 1. The number of rotatable bonds is 3. The SMILES string of the molecule is COc1ccc(-c2ccc(F)cc2O)c(C(=O)O)c1. The second-order valence-corrected chi connectivity index (χ2v) is 3.88. The van der Waals surface area contributed by atoms with Crippen LogP contribution in [-0.2, 0) is 0 Å². The molecule has 0 saturated carbocycles. The Morgan fingerprint density at radius 2 is 1.84 bits per heavy atom. The van der Waals surface area contributed by atoms with Crippen LogP contribution in [0.2, 0.25) is 0 Å². The van der Waals surface area contributed by atoms with Gasteiger partial charge in [0.15, 0.2) is 0 Å². The van der Waals surface area contributed by atoms with Gasteiger partial charge in [-0.25, -0.2) is 9.18 Å². The number of phenolic OH excluding ortho intramolecular Hbond substituents is 1. The van der Waals surface area contributed by atoms with Crippen LogP contribution in [0.3, 0.4) is 0 Å². The van der Waals surface area contributed by atoms with Crippen LogP contribution in [0.1, 0.15) is 10.4 Å². The molecule has 2 rings (SSSR count). The fourth-order valence-electron chi connectivity index (χ4n) is 1.79. The van der Waals surface area contributed by atoms with Crippen LogP contribution in [0.4, 0.5) is 4.39 Å². The lowest BCUT2D eigenvalue weighted by atomic mass is 9.98. The Labute approximate surface area is 108 Å². The van der Waals surface area contributed by atoms with Gasteiger partial charge in [-0.1, -0.05) is 0 Å². The smallest absolute Gasteiger partial charge is 0.336 e. The lowest BCUT2D eigenvalue weighted by molar-refractivity contribution is 0.0697. The van der Waals surface area contributed by atoms with Gasteiger partial charge in [0, 0.05) is 17.2 Å². The van der Waals surface area contributed by atoms with Crippen LogP contribution in [-0.4, -0.2) is 23.3 Å². The Balaban J connectivity index is 2.64. The summed E-state index contributed by atoms with van der Waals surface area (Å²) in [7, 11) is 1.43. The summed E-state index contributed by atoms with van der Waals surface area (Å²) in [5.74, 6) is -1.67. The third kappa shape index (κ3) is 2.49. The molecule has 2 aromatic rings. The number of halogens is 1. The van der Waals surface area contributed by atoms with Gasteiger partial charge in [-0.05, 0) is 30.3 Å². The fraction of sp³-hybridized carbons (Fsp3) is 0.0714. The minimum atomic E-state index is -1.15. The van der Waals surface area contributed by atoms with Crippen LogP contribution in [0, 0.1) is 5.82 Å². The van der Waals surface area contributed by atoms with E-state index in [0.717, 1.165) is 12.1 Å². The molecule has 0 radical (unpaired) electrons. The molecule has 0 unspecified atom stereocenters. The third-order valence-electron chi connectivity index (χ3n) is 2.71. The molecule has 4 nitrogen and oxygen atoms in total. The molecule has 5 heteroatoms. The van der Waals surface area contributed by atoms with Crippen molar-refractivity contribution in [3.63, 3.8) is 0 Å². The molecule has 0 heterocycles. The molecular weight excluding hydrogens is 251 g/mol. The normalized spacial score (nSPS) is 10.2. The molecule has 0 amide bonds. The lowest BCUT2D eigenvalue weighted by Gasteiger charge is -2.10. The number of carboxylic acids is 1. The van der Waals surface area contributed by atoms with Gasteiger partial charge in [-0.3, -0.25) is 0 Å². The summed E-state index contributed by atoms with van der Waals surface area (Å²) in [5.41, 5.74) is 0.522. The van der Waals surface area contributed by atoms with E-state index in [0.29, 0.717) is 11.3 Å². The first kappa shape index (κ1) is 12.9. The average molecular weight is 262 g/mol. The molecular formula is C14H11FO4. The van der Waals surface area contributed by atoms with E-state index in [1.807, 2.05) is 0 Å². The maximum absolute atomic E-state index is 12.9. The minimum Gasteiger partial charge on any atom is -0.507 e. The van der Waals surface area contributed by atoms with E-state index >= 15 is 0 Å². The van der Waals surface area contributed by atoms with Gasteiger partial charge in [0.25, 0.3) is 0 Å². The van der Waals surface area contributed by atoms with Crippen molar-refractivity contribution in [1.82, 2.24) is 0 Å². The number of methoxy groups -OCH3 is 1. The Hall–Kier alpha value is -2.56. The molecule has 2 N–H and O–H groups in total. The van der Waals surface area contributed by atoms with Gasteiger partial charge < -0.3 is 14.9 Å². The fourth-order valence-corrected chi connectivity index (χ4v) is 1.79. The first-order chi connectivity index (χ1) is 9.02. The molecule has 0 aliphatic rings. The molecule has 98 valence electrons. The summed E-state index contributed by atoms with van der Waals surface area (Å²) in [4.78, 5) is 11.2. The number of hydrogen-bond donors (Lipinski definition) is 2. The van der Waals surface area contributed by atoms with E-state index in [-0.39, 0.29) is 16.9 Å². The molecule has 0 aliphatic heterocycles. The highest BCUT2D eigenvalue weighted by atomic mass is 19.1. The number of ether oxygens (including phenoxy) is 1. The molecule has 0 atom stereocenters. The molecule has 19 heavy (non-hydrogen) atoms. The largest absolute Gasteiger partial charge is 0.507 e. The summed E-state index contributed by atoms with van der Waals surface area (Å²) in [6.45, 7) is 0. The van der Waals surface area contributed by atoms with Gasteiger partial charge in [-0.2, -0.15) is 0 Å². The quantitative estimate of drug-likeness (QED) is 0.892. The van der Waals surface area contributed by atoms with Crippen molar-refractivity contribution < 1.29 is 24.1 Å². The van der Waals surface area contributed by atoms with E-state index in [1.54, 1.807) is 6.07 Å². The number of carboxylic acid groups (broad SMARTS) is 1. The average Bonchev–Trinajstić information content (AvgIpc) is 2.38. The zero-order valence-corrected chi connectivity index (χ0v) is 10.1. The molecule has 0 aromatic heterocycles. The minimum absolute atomic E-state index is 0.0266. The number of aromatic carboxylic acids is 1. The highest BCUT2D eigenvalue weighted by molar-refractivity contribution is 5.97. The number of benzene rings is 2. The summed E-state index contributed by atoms with van der Waals surface area (Å²) in [6.07, 6.45) is 0. The number of hydrogen-bond acceptors (Lipinski definition) is 3. The van der Waals surface area contributed by atoms with Crippen molar-refractivity contribution in [1.29, 1.82) is 0 Å². The zero-order chi connectivity index (χ0) is 14.0. The van der Waals surface area contributed by atoms with Crippen molar-refractivity contribution in [2.75, 3.05) is 7.11 Å². The molecule has 0 aliphatic carbocycles. The maximum atomic E-state index is 12.9. The van der Waals surface area contributed by atoms with E-state index < -0.39 is 11.8 Å². The Morgan fingerprint density at radius 1 is 1.16 bits per heavy atom. The highest BCUT2D eigenvalue weighted by Gasteiger charge is 2.16. The van der Waals surface area contributed by atoms with Gasteiger partial charge in [0.05, 0.1) is 12.7 Å². The third-order valence-corrected chi connectivity index (χ3v) is 2.71. The lowest BCUT2D eigenvalue weighted by Crippen LogP contribution is -2.00. The van der Waals surface area contributed by atoms with E-state index in [1.165, 1.54) is 25.3 Å². The van der Waals surface area contributed by atoms with Crippen LogP contribution < -0.4 is 4.74 Å². The monoisotopic (exact) mass is 262 g/mol. The van der Waals surface area contributed by atoms with Crippen molar-refractivity contribution in [2.45, 2.75) is 0 Å². The van der Waals surface area contributed by atoms with Crippen molar-refractivity contribution in [2.24, 2.45) is 0 Å². The van der Waals surface area contributed by atoms with Gasteiger partial charge in [0.2, 0.25) is 0 Å². The molecule has 2 aromatic carbocycles. The number of carbonyl (C=O) groups is 1. The summed E-state index contributed by atoms with van der Waals surface area (Å²) < 4.78 is 17.9. The second kappa shape index (κ2) is 4.97. The first-order valence-corrected chi connectivity index (χ1v) is 5.43. The Bertz CT molecular complexity index is 637. The Kier molecular flexibility index (Phi) is 3.37. The van der Waals surface area contributed by atoms with Gasteiger partial charge in [0.1, 0.15) is 17.3 Å². The van der Waals surface area contributed by atoms with Crippen LogP contribution in [0.25, 0.3) is 11.1 Å². The molecule has 0 bridgehead atoms. The highest BCUT2D eigenvalue weighted by Crippen LogP contribution is 2.33. The molecule has 0 saturated heterocycles. The van der Waals surface area contributed by atoms with Crippen LogP contribution >= 0.6 is 0 Å². The first-order valence-electron chi connectivity index (χ1n) is 5.43. The summed E-state index contributed by atoms with van der Waals surface area (Å²) in [5, 5.41) is 18.9. The topological polar surface area (TPSA) is 66.8 Å². The predicted octanol–water partition coefficient (Wildman–Crippen LogP) is 2.91. The number of phenols is 1. The molecule has 0 spiro atoms. The standard InChI is InChI=1S/C14H11FO4/c1-19-9-3-5-10(12(7-9)14(17)18)11-4-2-8(15)6-13(11)16/h2-7,16H,1H3,(H,17,18). The van der Waals surface area contributed by atoms with E-state index in [9.17, 15) is 19.4 Å². The predicted molar refractivity (Wildman–Crippen MR) is 67.0 cm³/mol. The zero-order valence-electron chi connectivity index (χ0n) is 10.1.